The molecule has 1 aliphatic heterocycles. The molecule has 2 aromatic rings. The molecule has 0 bridgehead atoms. The summed E-state index contributed by atoms with van der Waals surface area (Å²) in [5, 5.41) is 14.8. The van der Waals surface area contributed by atoms with Crippen LogP contribution >= 0.6 is 0 Å². The van der Waals surface area contributed by atoms with Gasteiger partial charge in [-0.1, -0.05) is 36.4 Å². The number of hydrogen-bond acceptors (Lipinski definition) is 5. The number of anilines is 1. The lowest BCUT2D eigenvalue weighted by Crippen LogP contribution is -2.43. The van der Waals surface area contributed by atoms with Crippen LogP contribution in [0.25, 0.3) is 0 Å². The average molecular weight is 311 g/mol. The molecule has 23 heavy (non-hydrogen) atoms. The number of carbonyl (C=O) groups is 1. The molecule has 1 fully saturated rings. The third-order valence-corrected chi connectivity index (χ3v) is 3.94. The fourth-order valence-electron chi connectivity index (χ4n) is 2.81. The molecule has 1 saturated heterocycles. The first-order chi connectivity index (χ1) is 11.2. The van der Waals surface area contributed by atoms with Crippen molar-refractivity contribution in [3.05, 3.63) is 69.8 Å². The molecule has 3 rings (SSSR count). The molecule has 118 valence electrons. The van der Waals surface area contributed by atoms with E-state index in [1.54, 1.807) is 36.4 Å². The van der Waals surface area contributed by atoms with E-state index < -0.39 is 4.92 Å². The van der Waals surface area contributed by atoms with Crippen LogP contribution in [0.3, 0.4) is 0 Å². The molecule has 0 saturated carbocycles. The number of piperazine rings is 1. The Kier molecular flexibility index (Phi) is 4.34. The zero-order valence-electron chi connectivity index (χ0n) is 12.6. The lowest BCUT2D eigenvalue weighted by atomic mass is 10.0. The van der Waals surface area contributed by atoms with Crippen molar-refractivity contribution < 1.29 is 9.72 Å². The van der Waals surface area contributed by atoms with Gasteiger partial charge in [0.05, 0.1) is 4.92 Å². The van der Waals surface area contributed by atoms with Gasteiger partial charge in [0.15, 0.2) is 5.78 Å². The molecule has 0 aromatic heterocycles. The van der Waals surface area contributed by atoms with Crippen molar-refractivity contribution in [2.75, 3.05) is 31.1 Å². The first-order valence-corrected chi connectivity index (χ1v) is 7.51. The number of nitrogens with one attached hydrogen (secondary N) is 1. The second-order valence-corrected chi connectivity index (χ2v) is 5.36. The summed E-state index contributed by atoms with van der Waals surface area (Å²) in [6.07, 6.45) is 0. The molecular weight excluding hydrogens is 294 g/mol. The second-order valence-electron chi connectivity index (χ2n) is 5.36. The minimum Gasteiger partial charge on any atom is -0.363 e. The fraction of sp³-hybridized carbons (Fsp3) is 0.235. The highest BCUT2D eigenvalue weighted by Gasteiger charge is 2.28. The molecular formula is C17H17N3O3. The zero-order valence-corrected chi connectivity index (χ0v) is 12.6. The van der Waals surface area contributed by atoms with Crippen LogP contribution in [0.4, 0.5) is 11.4 Å². The number of nitro groups is 1. The molecule has 1 aliphatic rings. The smallest absolute Gasteiger partial charge is 0.303 e. The van der Waals surface area contributed by atoms with Crippen LogP contribution in [0.5, 0.6) is 0 Å². The summed E-state index contributed by atoms with van der Waals surface area (Å²) in [5.74, 6) is -0.325. The van der Waals surface area contributed by atoms with Gasteiger partial charge in [0.1, 0.15) is 11.3 Å². The summed E-state index contributed by atoms with van der Waals surface area (Å²) in [6.45, 7) is 2.91. The van der Waals surface area contributed by atoms with Crippen LogP contribution < -0.4 is 10.2 Å². The molecule has 0 spiro atoms. The molecule has 1 N–H and O–H groups in total. The number of rotatable bonds is 4. The van der Waals surface area contributed by atoms with E-state index >= 15 is 0 Å². The number of nitrogens with zero attached hydrogens (tertiary/aromatic N) is 2. The Morgan fingerprint density at radius 1 is 1.04 bits per heavy atom. The van der Waals surface area contributed by atoms with Gasteiger partial charge < -0.3 is 10.2 Å². The Morgan fingerprint density at radius 2 is 1.74 bits per heavy atom. The number of benzene rings is 2. The summed E-state index contributed by atoms with van der Waals surface area (Å²) in [5.41, 5.74) is 0.992. The van der Waals surface area contributed by atoms with Gasteiger partial charge in [0.25, 0.3) is 0 Å². The summed E-state index contributed by atoms with van der Waals surface area (Å²) >= 11 is 0. The van der Waals surface area contributed by atoms with Gasteiger partial charge in [-0.2, -0.15) is 0 Å². The minimum atomic E-state index is -0.451. The Bertz CT molecular complexity index is 725. The molecule has 0 radical (unpaired) electrons. The standard InChI is InChI=1S/C17H17N3O3/c21-17(13-5-2-1-3-6-13)14-7-4-8-15(16(14)20(22)23)19-11-9-18-10-12-19/h1-8,18H,9-12H2. The van der Waals surface area contributed by atoms with Crippen molar-refractivity contribution in [2.24, 2.45) is 0 Å². The summed E-state index contributed by atoms with van der Waals surface area (Å²) in [7, 11) is 0. The van der Waals surface area contributed by atoms with Crippen LogP contribution in [0.1, 0.15) is 15.9 Å². The van der Waals surface area contributed by atoms with Gasteiger partial charge in [-0.3, -0.25) is 14.9 Å². The summed E-state index contributed by atoms with van der Waals surface area (Å²) in [6, 6.07) is 13.6. The summed E-state index contributed by atoms with van der Waals surface area (Å²) < 4.78 is 0. The topological polar surface area (TPSA) is 75.5 Å². The second kappa shape index (κ2) is 6.58. The first-order valence-electron chi connectivity index (χ1n) is 7.51. The van der Waals surface area contributed by atoms with Crippen molar-refractivity contribution in [1.82, 2.24) is 5.32 Å². The van der Waals surface area contributed by atoms with Crippen LogP contribution in [0.15, 0.2) is 48.5 Å². The SMILES string of the molecule is O=C(c1ccccc1)c1cccc(N2CCNCC2)c1[N+](=O)[O-]. The predicted molar refractivity (Wildman–Crippen MR) is 88.1 cm³/mol. The van der Waals surface area contributed by atoms with E-state index in [2.05, 4.69) is 5.32 Å². The monoisotopic (exact) mass is 311 g/mol. The molecule has 2 aromatic carbocycles. The minimum absolute atomic E-state index is 0.108. The Labute approximate surface area is 133 Å². The maximum atomic E-state index is 12.7. The van der Waals surface area contributed by atoms with Gasteiger partial charge in [-0.15, -0.1) is 0 Å². The number of hydrogen-bond donors (Lipinski definition) is 1. The van der Waals surface area contributed by atoms with E-state index in [9.17, 15) is 14.9 Å². The molecule has 6 nitrogen and oxygen atoms in total. The normalized spacial score (nSPS) is 14.5. The molecule has 6 heteroatoms. The lowest BCUT2D eigenvalue weighted by Gasteiger charge is -2.29. The Hall–Kier alpha value is -2.73. The van der Waals surface area contributed by atoms with Crippen molar-refractivity contribution in [1.29, 1.82) is 0 Å². The van der Waals surface area contributed by atoms with Crippen LogP contribution in [0, 0.1) is 10.1 Å². The van der Waals surface area contributed by atoms with Crippen molar-refractivity contribution >= 4 is 17.2 Å². The van der Waals surface area contributed by atoms with Gasteiger partial charge in [-0.25, -0.2) is 0 Å². The van der Waals surface area contributed by atoms with Gasteiger partial charge in [-0.05, 0) is 12.1 Å². The molecule has 1 heterocycles. The number of ketones is 1. The molecule has 0 atom stereocenters. The fourth-order valence-corrected chi connectivity index (χ4v) is 2.81. The number of nitro benzene ring substituents is 1. The third-order valence-electron chi connectivity index (χ3n) is 3.94. The van der Waals surface area contributed by atoms with E-state index in [4.69, 9.17) is 0 Å². The summed E-state index contributed by atoms with van der Waals surface area (Å²) in [4.78, 5) is 25.8. The maximum absolute atomic E-state index is 12.7. The zero-order chi connectivity index (χ0) is 16.2. The highest BCUT2D eigenvalue weighted by molar-refractivity contribution is 6.12. The maximum Gasteiger partial charge on any atom is 0.303 e. The largest absolute Gasteiger partial charge is 0.363 e. The Balaban J connectivity index is 2.06. The highest BCUT2D eigenvalue weighted by Crippen LogP contribution is 2.33. The predicted octanol–water partition coefficient (Wildman–Crippen LogP) is 2.24. The van der Waals surface area contributed by atoms with Gasteiger partial charge in [0.2, 0.25) is 0 Å². The quantitative estimate of drug-likeness (QED) is 0.532. The van der Waals surface area contributed by atoms with Crippen LogP contribution in [-0.2, 0) is 0 Å². The highest BCUT2D eigenvalue weighted by atomic mass is 16.6. The molecule has 0 aliphatic carbocycles. The van der Waals surface area contributed by atoms with E-state index in [1.165, 1.54) is 6.07 Å². The van der Waals surface area contributed by atoms with E-state index in [-0.39, 0.29) is 17.0 Å². The van der Waals surface area contributed by atoms with E-state index in [0.29, 0.717) is 24.3 Å². The van der Waals surface area contributed by atoms with Crippen molar-refractivity contribution in [3.63, 3.8) is 0 Å². The lowest BCUT2D eigenvalue weighted by molar-refractivity contribution is -0.384. The molecule has 0 amide bonds. The number of para-hydroxylation sites is 1. The Morgan fingerprint density at radius 3 is 2.39 bits per heavy atom. The van der Waals surface area contributed by atoms with Crippen LogP contribution in [-0.4, -0.2) is 36.9 Å². The average Bonchev–Trinajstić information content (AvgIpc) is 2.62. The third kappa shape index (κ3) is 3.07. The number of carbonyl (C=O) groups excluding carboxylic acids is 1. The van der Waals surface area contributed by atoms with E-state index in [1.807, 2.05) is 11.0 Å². The molecule has 0 unspecified atom stereocenters. The first kappa shape index (κ1) is 15.2. The van der Waals surface area contributed by atoms with Gasteiger partial charge >= 0.3 is 5.69 Å². The van der Waals surface area contributed by atoms with Crippen molar-refractivity contribution in [3.8, 4) is 0 Å². The van der Waals surface area contributed by atoms with E-state index in [0.717, 1.165) is 13.1 Å². The van der Waals surface area contributed by atoms with Gasteiger partial charge in [0, 0.05) is 31.7 Å². The van der Waals surface area contributed by atoms with Crippen molar-refractivity contribution in [2.45, 2.75) is 0 Å². The van der Waals surface area contributed by atoms with Crippen LogP contribution in [0.2, 0.25) is 0 Å².